The molecule has 4 aromatic rings. The van der Waals surface area contributed by atoms with Crippen LogP contribution in [-0.4, -0.2) is 36.7 Å². The fourth-order valence-electron chi connectivity index (χ4n) is 4.12. The van der Waals surface area contributed by atoms with Crippen LogP contribution in [0.5, 0.6) is 5.75 Å². The van der Waals surface area contributed by atoms with Crippen LogP contribution in [0.3, 0.4) is 0 Å². The molecule has 0 amide bonds. The number of carbonyl (C=O) groups is 1. The van der Waals surface area contributed by atoms with Gasteiger partial charge in [0.25, 0.3) is 0 Å². The first-order valence-electron chi connectivity index (χ1n) is 11.8. The highest BCUT2D eigenvalue weighted by Crippen LogP contribution is 2.26. The summed E-state index contributed by atoms with van der Waals surface area (Å²) in [6.07, 6.45) is 1.90. The van der Waals surface area contributed by atoms with Crippen molar-refractivity contribution < 1.29 is 23.1 Å². The molecule has 1 atom stereocenters. The molecule has 0 radical (unpaired) electrons. The lowest BCUT2D eigenvalue weighted by atomic mass is 10.0. The molecule has 0 bridgehead atoms. The largest absolute Gasteiger partial charge is 0.481 e. The number of hydrogen-bond acceptors (Lipinski definition) is 4. The Balaban J connectivity index is 1.59. The first-order valence-corrected chi connectivity index (χ1v) is 13.2. The minimum atomic E-state index is -4.09. The number of aliphatic carboxylic acids is 1. The van der Waals surface area contributed by atoms with Crippen LogP contribution in [0.2, 0.25) is 0 Å². The van der Waals surface area contributed by atoms with Crippen molar-refractivity contribution in [3.05, 3.63) is 95.7 Å². The van der Waals surface area contributed by atoms with Gasteiger partial charge in [0.15, 0.2) is 0 Å². The van der Waals surface area contributed by atoms with E-state index in [4.69, 9.17) is 4.74 Å². The Bertz CT molecular complexity index is 1560. The van der Waals surface area contributed by atoms with Gasteiger partial charge in [0.2, 0.25) is 10.0 Å². The number of carboxylic acid groups (broad SMARTS) is 1. The first-order chi connectivity index (χ1) is 17.8. The van der Waals surface area contributed by atoms with Gasteiger partial charge in [0.1, 0.15) is 18.4 Å². The molecule has 7 nitrogen and oxygen atoms in total. The Labute approximate surface area is 216 Å². The van der Waals surface area contributed by atoms with Crippen LogP contribution in [0, 0.1) is 18.8 Å². The van der Waals surface area contributed by atoms with Crippen molar-refractivity contribution >= 4 is 26.9 Å². The standard InChI is InChI=1S/C29H28N2O5S/c1-3-4-16-36-24-11-13-25(14-12-24)37(34,35)30-27(29(32)33)18-23-20-31(19-22-8-6-5-7-9-22)28-15-10-21(2)17-26(23)28/h5-15,17,20,27,30H,16,18-19H2,1-2H3,(H,32,33). The molecule has 0 aliphatic carbocycles. The lowest BCUT2D eigenvalue weighted by Gasteiger charge is -2.15. The number of nitrogens with zero attached hydrogens (tertiary/aromatic N) is 1. The smallest absolute Gasteiger partial charge is 0.322 e. The lowest BCUT2D eigenvalue weighted by Crippen LogP contribution is -2.42. The maximum absolute atomic E-state index is 13.0. The van der Waals surface area contributed by atoms with E-state index in [1.54, 1.807) is 6.92 Å². The number of aryl methyl sites for hydroxylation is 1. The van der Waals surface area contributed by atoms with Gasteiger partial charge in [-0.2, -0.15) is 4.72 Å². The summed E-state index contributed by atoms with van der Waals surface area (Å²) in [5.41, 5.74) is 3.85. The summed E-state index contributed by atoms with van der Waals surface area (Å²) in [5, 5.41) is 10.8. The van der Waals surface area contributed by atoms with Crippen LogP contribution >= 0.6 is 0 Å². The third-order valence-electron chi connectivity index (χ3n) is 5.96. The normalized spacial score (nSPS) is 12.1. The van der Waals surface area contributed by atoms with Gasteiger partial charge in [0.05, 0.1) is 4.90 Å². The molecule has 190 valence electrons. The average Bonchev–Trinajstić information content (AvgIpc) is 3.20. The zero-order valence-corrected chi connectivity index (χ0v) is 21.5. The number of nitrogens with one attached hydrogen (secondary N) is 1. The molecule has 4 rings (SSSR count). The molecule has 8 heteroatoms. The highest BCUT2D eigenvalue weighted by molar-refractivity contribution is 7.89. The first kappa shape index (κ1) is 26.0. The summed E-state index contributed by atoms with van der Waals surface area (Å²) in [6.45, 7) is 4.48. The molecule has 0 aliphatic rings. The van der Waals surface area contributed by atoms with Gasteiger partial charge in [-0.1, -0.05) is 47.9 Å². The van der Waals surface area contributed by atoms with Gasteiger partial charge in [0, 0.05) is 30.1 Å². The molecule has 1 heterocycles. The Kier molecular flexibility index (Phi) is 7.97. The van der Waals surface area contributed by atoms with Crippen LogP contribution < -0.4 is 9.46 Å². The Hall–Kier alpha value is -4.06. The van der Waals surface area contributed by atoms with Crippen LogP contribution in [0.25, 0.3) is 10.9 Å². The minimum absolute atomic E-state index is 0.00676. The number of ether oxygens (including phenoxy) is 1. The summed E-state index contributed by atoms with van der Waals surface area (Å²) in [4.78, 5) is 12.1. The van der Waals surface area contributed by atoms with E-state index < -0.39 is 22.0 Å². The number of sulfonamides is 1. The molecule has 3 aromatic carbocycles. The lowest BCUT2D eigenvalue weighted by molar-refractivity contribution is -0.138. The fraction of sp³-hybridized carbons (Fsp3) is 0.207. The molecule has 37 heavy (non-hydrogen) atoms. The molecular weight excluding hydrogens is 488 g/mol. The SMILES string of the molecule is CC#CCOc1ccc(S(=O)(=O)NC(Cc2cn(Cc3ccccc3)c3ccc(C)cc23)C(=O)O)cc1. The van der Waals surface area contributed by atoms with Gasteiger partial charge in [-0.25, -0.2) is 8.42 Å². The van der Waals surface area contributed by atoms with Crippen molar-refractivity contribution in [3.63, 3.8) is 0 Å². The van der Waals surface area contributed by atoms with Gasteiger partial charge in [-0.15, -0.1) is 5.92 Å². The van der Waals surface area contributed by atoms with Crippen molar-refractivity contribution in [2.45, 2.75) is 37.8 Å². The topological polar surface area (TPSA) is 97.6 Å². The van der Waals surface area contributed by atoms with E-state index in [1.165, 1.54) is 24.3 Å². The molecular formula is C29H28N2O5S. The average molecular weight is 517 g/mol. The van der Waals surface area contributed by atoms with Crippen molar-refractivity contribution in [2.24, 2.45) is 0 Å². The van der Waals surface area contributed by atoms with Gasteiger partial charge in [-0.3, -0.25) is 4.79 Å². The molecule has 0 saturated heterocycles. The number of fused-ring (bicyclic) bond motifs is 1. The van der Waals surface area contributed by atoms with E-state index in [-0.39, 0.29) is 17.9 Å². The molecule has 1 unspecified atom stereocenters. The van der Waals surface area contributed by atoms with E-state index in [0.717, 1.165) is 27.6 Å². The molecule has 0 saturated carbocycles. The summed E-state index contributed by atoms with van der Waals surface area (Å²) >= 11 is 0. The maximum Gasteiger partial charge on any atom is 0.322 e. The molecule has 0 aliphatic heterocycles. The third kappa shape index (κ3) is 6.39. The van der Waals surface area contributed by atoms with Crippen molar-refractivity contribution in [1.29, 1.82) is 0 Å². The van der Waals surface area contributed by atoms with Gasteiger partial charge < -0.3 is 14.4 Å². The summed E-state index contributed by atoms with van der Waals surface area (Å²) in [7, 11) is -4.09. The van der Waals surface area contributed by atoms with Gasteiger partial charge in [-0.05, 0) is 61.4 Å². The molecule has 1 aromatic heterocycles. The number of hydrogen-bond donors (Lipinski definition) is 2. The number of rotatable bonds is 10. The van der Waals surface area contributed by atoms with E-state index in [0.29, 0.717) is 12.3 Å². The Morgan fingerprint density at radius 3 is 2.49 bits per heavy atom. The number of carboxylic acids is 1. The quantitative estimate of drug-likeness (QED) is 0.305. The third-order valence-corrected chi connectivity index (χ3v) is 7.44. The van der Waals surface area contributed by atoms with Crippen LogP contribution in [-0.2, 0) is 27.8 Å². The minimum Gasteiger partial charge on any atom is -0.481 e. The fourth-order valence-corrected chi connectivity index (χ4v) is 5.31. The van der Waals surface area contributed by atoms with Gasteiger partial charge >= 0.3 is 5.97 Å². The summed E-state index contributed by atoms with van der Waals surface area (Å²) < 4.78 is 35.9. The Morgan fingerprint density at radius 1 is 1.08 bits per heavy atom. The second kappa shape index (κ2) is 11.3. The van der Waals surface area contributed by atoms with Crippen molar-refractivity contribution in [1.82, 2.24) is 9.29 Å². The predicted molar refractivity (Wildman–Crippen MR) is 143 cm³/mol. The number of benzene rings is 3. The highest BCUT2D eigenvalue weighted by Gasteiger charge is 2.27. The number of aromatic nitrogens is 1. The molecule has 0 fully saturated rings. The van der Waals surface area contributed by atoms with E-state index >= 15 is 0 Å². The van der Waals surface area contributed by atoms with Crippen LogP contribution in [0.15, 0.2) is 83.9 Å². The summed E-state index contributed by atoms with van der Waals surface area (Å²) in [5.74, 6) is 4.70. The molecule has 2 N–H and O–H groups in total. The van der Waals surface area contributed by atoms with Crippen molar-refractivity contribution in [3.8, 4) is 17.6 Å². The maximum atomic E-state index is 13.0. The van der Waals surface area contributed by atoms with Crippen LogP contribution in [0.1, 0.15) is 23.6 Å². The molecule has 0 spiro atoms. The van der Waals surface area contributed by atoms with E-state index in [2.05, 4.69) is 21.1 Å². The Morgan fingerprint density at radius 2 is 1.81 bits per heavy atom. The zero-order chi connectivity index (χ0) is 26.4. The van der Waals surface area contributed by atoms with E-state index in [9.17, 15) is 18.3 Å². The second-order valence-electron chi connectivity index (χ2n) is 8.69. The zero-order valence-electron chi connectivity index (χ0n) is 20.6. The summed E-state index contributed by atoms with van der Waals surface area (Å²) in [6, 6.07) is 20.4. The van der Waals surface area contributed by atoms with E-state index in [1.807, 2.05) is 61.7 Å². The van der Waals surface area contributed by atoms with Crippen molar-refractivity contribution in [2.75, 3.05) is 6.61 Å². The van der Waals surface area contributed by atoms with Crippen LogP contribution in [0.4, 0.5) is 0 Å². The predicted octanol–water partition coefficient (Wildman–Crippen LogP) is 4.37. The monoisotopic (exact) mass is 516 g/mol. The highest BCUT2D eigenvalue weighted by atomic mass is 32.2. The second-order valence-corrected chi connectivity index (χ2v) is 10.4.